The second-order valence-corrected chi connectivity index (χ2v) is 6.38. The zero-order valence-corrected chi connectivity index (χ0v) is 13.7. The van der Waals surface area contributed by atoms with E-state index < -0.39 is 5.97 Å². The van der Waals surface area contributed by atoms with E-state index in [-0.39, 0.29) is 17.5 Å². The molecule has 2 aromatic rings. The summed E-state index contributed by atoms with van der Waals surface area (Å²) in [4.78, 5) is 25.3. The predicted octanol–water partition coefficient (Wildman–Crippen LogP) is 3.54. The van der Waals surface area contributed by atoms with Gasteiger partial charge in [0.05, 0.1) is 11.6 Å². The molecular weight excluding hydrogens is 302 g/mol. The number of hydrogen-bond donors (Lipinski definition) is 1. The third-order valence-corrected chi connectivity index (χ3v) is 4.65. The molecule has 0 aliphatic carbocycles. The Morgan fingerprint density at radius 1 is 1.08 bits per heavy atom. The lowest BCUT2D eigenvalue weighted by atomic mass is 9.84. The van der Waals surface area contributed by atoms with Crippen molar-refractivity contribution in [1.29, 1.82) is 0 Å². The average Bonchev–Trinajstić information content (AvgIpc) is 2.58. The SMILES string of the molecule is C[C@@H]1CN(C(=O)CCc2ccc(C(=O)O)cc2)[C@H]1c1ccccc1. The molecule has 3 rings (SSSR count). The Labute approximate surface area is 141 Å². The van der Waals surface area contributed by atoms with Gasteiger partial charge in [0.25, 0.3) is 0 Å². The number of carbonyl (C=O) groups is 2. The van der Waals surface area contributed by atoms with Crippen molar-refractivity contribution in [3.63, 3.8) is 0 Å². The van der Waals surface area contributed by atoms with E-state index in [1.165, 1.54) is 5.56 Å². The highest BCUT2D eigenvalue weighted by Gasteiger charge is 2.39. The van der Waals surface area contributed by atoms with Crippen molar-refractivity contribution in [2.75, 3.05) is 6.54 Å². The van der Waals surface area contributed by atoms with Crippen molar-refractivity contribution >= 4 is 11.9 Å². The molecule has 0 saturated carbocycles. The Hall–Kier alpha value is -2.62. The molecule has 0 aromatic heterocycles. The molecule has 24 heavy (non-hydrogen) atoms. The lowest BCUT2D eigenvalue weighted by Gasteiger charge is -2.47. The normalized spacial score (nSPS) is 19.6. The van der Waals surface area contributed by atoms with Crippen LogP contribution in [0.25, 0.3) is 0 Å². The number of nitrogens with zero attached hydrogens (tertiary/aromatic N) is 1. The summed E-state index contributed by atoms with van der Waals surface area (Å²) >= 11 is 0. The lowest BCUT2D eigenvalue weighted by Crippen LogP contribution is -2.51. The first-order valence-electron chi connectivity index (χ1n) is 8.23. The Bertz CT molecular complexity index is 724. The van der Waals surface area contributed by atoms with Crippen LogP contribution in [0.4, 0.5) is 0 Å². The highest BCUT2D eigenvalue weighted by Crippen LogP contribution is 2.38. The monoisotopic (exact) mass is 323 g/mol. The van der Waals surface area contributed by atoms with Gasteiger partial charge < -0.3 is 10.0 Å². The first-order valence-corrected chi connectivity index (χ1v) is 8.23. The maximum Gasteiger partial charge on any atom is 0.335 e. The third-order valence-electron chi connectivity index (χ3n) is 4.65. The van der Waals surface area contributed by atoms with Gasteiger partial charge in [0.2, 0.25) is 5.91 Å². The number of rotatable bonds is 5. The Morgan fingerprint density at radius 3 is 2.33 bits per heavy atom. The Balaban J connectivity index is 1.60. The van der Waals surface area contributed by atoms with Gasteiger partial charge in [-0.2, -0.15) is 0 Å². The van der Waals surface area contributed by atoms with E-state index in [4.69, 9.17) is 5.11 Å². The molecule has 0 bridgehead atoms. The molecule has 1 amide bonds. The zero-order valence-electron chi connectivity index (χ0n) is 13.7. The van der Waals surface area contributed by atoms with Crippen LogP contribution in [0.1, 0.15) is 40.9 Å². The van der Waals surface area contributed by atoms with Crippen LogP contribution < -0.4 is 0 Å². The number of carbonyl (C=O) groups excluding carboxylic acids is 1. The summed E-state index contributed by atoms with van der Waals surface area (Å²) in [5.41, 5.74) is 2.44. The molecule has 4 nitrogen and oxygen atoms in total. The minimum absolute atomic E-state index is 0.157. The van der Waals surface area contributed by atoms with Gasteiger partial charge >= 0.3 is 5.97 Å². The number of carboxylic acids is 1. The fourth-order valence-corrected chi connectivity index (χ4v) is 3.32. The molecule has 1 aliphatic heterocycles. The van der Waals surface area contributed by atoms with Crippen LogP contribution >= 0.6 is 0 Å². The minimum atomic E-state index is -0.933. The molecule has 4 heteroatoms. The van der Waals surface area contributed by atoms with Crippen LogP contribution in [0.15, 0.2) is 54.6 Å². The van der Waals surface area contributed by atoms with Crippen LogP contribution in [0, 0.1) is 5.92 Å². The molecule has 1 heterocycles. The number of likely N-dealkylation sites (tertiary alicyclic amines) is 1. The first-order chi connectivity index (χ1) is 11.6. The second kappa shape index (κ2) is 6.87. The van der Waals surface area contributed by atoms with E-state index in [0.29, 0.717) is 18.8 Å². The van der Waals surface area contributed by atoms with Gasteiger partial charge in [0.1, 0.15) is 0 Å². The molecule has 1 fully saturated rings. The largest absolute Gasteiger partial charge is 0.478 e. The molecule has 1 N–H and O–H groups in total. The number of amides is 1. The Kier molecular flexibility index (Phi) is 4.65. The number of aryl methyl sites for hydroxylation is 1. The molecule has 2 atom stereocenters. The van der Waals surface area contributed by atoms with Gasteiger partial charge in [0.15, 0.2) is 0 Å². The molecule has 124 valence electrons. The molecule has 0 radical (unpaired) electrons. The van der Waals surface area contributed by atoms with E-state index in [0.717, 1.165) is 12.1 Å². The van der Waals surface area contributed by atoms with Crippen molar-refractivity contribution in [2.45, 2.75) is 25.8 Å². The Morgan fingerprint density at radius 2 is 1.75 bits per heavy atom. The van der Waals surface area contributed by atoms with Crippen LogP contribution in [0.2, 0.25) is 0 Å². The molecular formula is C20H21NO3. The van der Waals surface area contributed by atoms with E-state index in [9.17, 15) is 9.59 Å². The second-order valence-electron chi connectivity index (χ2n) is 6.38. The molecule has 0 unspecified atom stereocenters. The van der Waals surface area contributed by atoms with E-state index in [1.807, 2.05) is 23.1 Å². The van der Waals surface area contributed by atoms with Crippen molar-refractivity contribution in [2.24, 2.45) is 5.92 Å². The van der Waals surface area contributed by atoms with Crippen LogP contribution in [0.3, 0.4) is 0 Å². The van der Waals surface area contributed by atoms with Gasteiger partial charge in [-0.05, 0) is 35.6 Å². The quantitative estimate of drug-likeness (QED) is 0.915. The summed E-state index contributed by atoms with van der Waals surface area (Å²) in [6.45, 7) is 2.97. The number of carboxylic acid groups (broad SMARTS) is 1. The maximum absolute atomic E-state index is 12.5. The van der Waals surface area contributed by atoms with Crippen molar-refractivity contribution in [3.05, 3.63) is 71.3 Å². The molecule has 1 aliphatic rings. The number of aromatic carboxylic acids is 1. The topological polar surface area (TPSA) is 57.6 Å². The molecule has 2 aromatic carbocycles. The summed E-state index contributed by atoms with van der Waals surface area (Å²) < 4.78 is 0. The summed E-state index contributed by atoms with van der Waals surface area (Å²) in [5, 5.41) is 8.91. The lowest BCUT2D eigenvalue weighted by molar-refractivity contribution is -0.143. The highest BCUT2D eigenvalue weighted by atomic mass is 16.4. The zero-order chi connectivity index (χ0) is 17.1. The number of hydrogen-bond acceptors (Lipinski definition) is 2. The van der Waals surface area contributed by atoms with E-state index >= 15 is 0 Å². The summed E-state index contributed by atoms with van der Waals surface area (Å²) in [5.74, 6) is -0.298. The smallest absolute Gasteiger partial charge is 0.335 e. The van der Waals surface area contributed by atoms with Crippen LogP contribution in [-0.4, -0.2) is 28.4 Å². The van der Waals surface area contributed by atoms with Crippen molar-refractivity contribution in [3.8, 4) is 0 Å². The van der Waals surface area contributed by atoms with Gasteiger partial charge in [0, 0.05) is 13.0 Å². The van der Waals surface area contributed by atoms with Gasteiger partial charge in [-0.1, -0.05) is 49.4 Å². The van der Waals surface area contributed by atoms with Gasteiger partial charge in [-0.3, -0.25) is 4.79 Å². The highest BCUT2D eigenvalue weighted by molar-refractivity contribution is 5.87. The van der Waals surface area contributed by atoms with E-state index in [1.54, 1.807) is 24.3 Å². The van der Waals surface area contributed by atoms with Crippen LogP contribution in [0.5, 0.6) is 0 Å². The van der Waals surface area contributed by atoms with Crippen molar-refractivity contribution in [1.82, 2.24) is 4.90 Å². The summed E-state index contributed by atoms with van der Waals surface area (Å²) in [6, 6.07) is 17.1. The maximum atomic E-state index is 12.5. The van der Waals surface area contributed by atoms with Crippen molar-refractivity contribution < 1.29 is 14.7 Å². The summed E-state index contributed by atoms with van der Waals surface area (Å²) in [6.07, 6.45) is 1.08. The van der Waals surface area contributed by atoms with E-state index in [2.05, 4.69) is 19.1 Å². The molecule has 0 spiro atoms. The summed E-state index contributed by atoms with van der Waals surface area (Å²) in [7, 11) is 0. The van der Waals surface area contributed by atoms with Gasteiger partial charge in [-0.25, -0.2) is 4.79 Å². The third kappa shape index (κ3) is 3.32. The predicted molar refractivity (Wildman–Crippen MR) is 91.8 cm³/mol. The number of benzene rings is 2. The fraction of sp³-hybridized carbons (Fsp3) is 0.300. The fourth-order valence-electron chi connectivity index (χ4n) is 3.32. The average molecular weight is 323 g/mol. The van der Waals surface area contributed by atoms with Crippen LogP contribution in [-0.2, 0) is 11.2 Å². The van der Waals surface area contributed by atoms with Gasteiger partial charge in [-0.15, -0.1) is 0 Å². The standard InChI is InChI=1S/C20H21NO3/c1-14-13-21(19(14)16-5-3-2-4-6-16)18(22)12-9-15-7-10-17(11-8-15)20(23)24/h2-8,10-11,14,19H,9,12-13H2,1H3,(H,23,24)/t14-,19-/m1/s1. The first kappa shape index (κ1) is 16.2. The molecule has 1 saturated heterocycles. The minimum Gasteiger partial charge on any atom is -0.478 e.